The first-order valence-corrected chi connectivity index (χ1v) is 13.2. The Morgan fingerprint density at radius 1 is 1.18 bits per heavy atom. The van der Waals surface area contributed by atoms with Gasteiger partial charge in [-0.2, -0.15) is 4.31 Å². The van der Waals surface area contributed by atoms with Crippen LogP contribution in [0.4, 0.5) is 11.4 Å². The molecule has 176 valence electrons. The third kappa shape index (κ3) is 5.29. The summed E-state index contributed by atoms with van der Waals surface area (Å²) >= 11 is 1.42. The molecule has 0 atom stereocenters. The Kier molecular flexibility index (Phi) is 6.87. The highest BCUT2D eigenvalue weighted by Gasteiger charge is 2.27. The van der Waals surface area contributed by atoms with Crippen molar-refractivity contribution in [2.75, 3.05) is 37.4 Å². The van der Waals surface area contributed by atoms with Gasteiger partial charge in [-0.05, 0) is 50.1 Å². The molecule has 1 aliphatic heterocycles. The Labute approximate surface area is 198 Å². The van der Waals surface area contributed by atoms with Crippen LogP contribution in [0.15, 0.2) is 45.0 Å². The number of benzene rings is 1. The Hall–Kier alpha value is -2.69. The van der Waals surface area contributed by atoms with Gasteiger partial charge in [0.2, 0.25) is 15.9 Å². The van der Waals surface area contributed by atoms with Gasteiger partial charge in [0.1, 0.15) is 5.76 Å². The van der Waals surface area contributed by atoms with E-state index in [4.69, 9.17) is 4.42 Å². The molecular formula is C23H28N4O4S2. The van der Waals surface area contributed by atoms with E-state index in [1.54, 1.807) is 18.2 Å². The van der Waals surface area contributed by atoms with Gasteiger partial charge in [-0.1, -0.05) is 6.42 Å². The van der Waals surface area contributed by atoms with Gasteiger partial charge in [-0.25, -0.2) is 13.4 Å². The van der Waals surface area contributed by atoms with E-state index in [9.17, 15) is 13.2 Å². The lowest BCUT2D eigenvalue weighted by Gasteiger charge is -2.26. The number of amides is 1. The van der Waals surface area contributed by atoms with Gasteiger partial charge >= 0.3 is 0 Å². The highest BCUT2D eigenvalue weighted by molar-refractivity contribution is 7.89. The zero-order valence-electron chi connectivity index (χ0n) is 19.0. The van der Waals surface area contributed by atoms with Crippen LogP contribution in [-0.2, 0) is 21.2 Å². The van der Waals surface area contributed by atoms with Gasteiger partial charge in [0.25, 0.3) is 0 Å². The molecule has 0 unspecified atom stereocenters. The maximum absolute atomic E-state index is 13.1. The molecule has 2 aromatic heterocycles. The van der Waals surface area contributed by atoms with Crippen molar-refractivity contribution in [2.24, 2.45) is 0 Å². The van der Waals surface area contributed by atoms with Crippen LogP contribution in [0.1, 0.15) is 30.7 Å². The SMILES string of the molecule is Cc1ccc(-c2nc(CC(=O)Nc3cc(S(=O)(=O)N4CCCCC4)ccc3N(C)C)cs2)o1. The Balaban J connectivity index is 1.53. The Morgan fingerprint density at radius 2 is 1.94 bits per heavy atom. The van der Waals surface area contributed by atoms with Crippen LogP contribution in [0, 0.1) is 6.92 Å². The summed E-state index contributed by atoms with van der Waals surface area (Å²) in [6.45, 7) is 2.93. The maximum Gasteiger partial charge on any atom is 0.243 e. The smallest absolute Gasteiger partial charge is 0.243 e. The number of aryl methyl sites for hydroxylation is 1. The molecule has 1 saturated heterocycles. The molecule has 8 nitrogen and oxygen atoms in total. The number of thiazole rings is 1. The molecule has 0 spiro atoms. The number of anilines is 2. The number of piperidine rings is 1. The van der Waals surface area contributed by atoms with Crippen molar-refractivity contribution >= 4 is 38.6 Å². The zero-order chi connectivity index (χ0) is 23.6. The lowest BCUT2D eigenvalue weighted by atomic mass is 10.2. The second kappa shape index (κ2) is 9.66. The van der Waals surface area contributed by atoms with Crippen molar-refractivity contribution < 1.29 is 17.6 Å². The fraction of sp³-hybridized carbons (Fsp3) is 0.391. The van der Waals surface area contributed by atoms with Gasteiger partial charge in [-0.15, -0.1) is 11.3 Å². The van der Waals surface area contributed by atoms with E-state index in [2.05, 4.69) is 10.3 Å². The molecule has 1 aromatic carbocycles. The zero-order valence-corrected chi connectivity index (χ0v) is 20.6. The van der Waals surface area contributed by atoms with Crippen LogP contribution >= 0.6 is 11.3 Å². The summed E-state index contributed by atoms with van der Waals surface area (Å²) in [6.07, 6.45) is 2.86. The number of rotatable bonds is 7. The largest absolute Gasteiger partial charge is 0.459 e. The molecule has 10 heteroatoms. The van der Waals surface area contributed by atoms with Crippen molar-refractivity contribution in [3.05, 3.63) is 47.2 Å². The number of hydrogen-bond acceptors (Lipinski definition) is 7. The summed E-state index contributed by atoms with van der Waals surface area (Å²) in [5, 5.41) is 5.43. The molecule has 0 radical (unpaired) electrons. The van der Waals surface area contributed by atoms with Gasteiger partial charge in [0.15, 0.2) is 10.8 Å². The first-order valence-electron chi connectivity index (χ1n) is 10.9. The van der Waals surface area contributed by atoms with Crippen LogP contribution < -0.4 is 10.2 Å². The number of aromatic nitrogens is 1. The van der Waals surface area contributed by atoms with Crippen LogP contribution in [0.25, 0.3) is 10.8 Å². The van der Waals surface area contributed by atoms with Crippen LogP contribution in [-0.4, -0.2) is 50.8 Å². The number of furan rings is 1. The molecule has 1 aliphatic rings. The van der Waals surface area contributed by atoms with Gasteiger partial charge in [0.05, 0.1) is 28.4 Å². The second-order valence-corrected chi connectivity index (χ2v) is 11.1. The van der Waals surface area contributed by atoms with E-state index in [1.165, 1.54) is 15.6 Å². The number of hydrogen-bond donors (Lipinski definition) is 1. The van der Waals surface area contributed by atoms with Crippen molar-refractivity contribution in [3.63, 3.8) is 0 Å². The third-order valence-electron chi connectivity index (χ3n) is 5.52. The van der Waals surface area contributed by atoms with Crippen LogP contribution in [0.3, 0.4) is 0 Å². The standard InChI is InChI=1S/C23H28N4O4S2/c1-16-7-10-21(31-16)23-24-17(15-32-23)13-22(28)25-19-14-18(8-9-20(19)26(2)3)33(29,30)27-11-5-4-6-12-27/h7-10,14-15H,4-6,11-13H2,1-3H3,(H,25,28). The molecule has 1 fully saturated rings. The van der Waals surface area contributed by atoms with Gasteiger partial charge in [-0.3, -0.25) is 4.79 Å². The third-order valence-corrected chi connectivity index (χ3v) is 8.32. The lowest BCUT2D eigenvalue weighted by molar-refractivity contribution is -0.115. The molecule has 4 rings (SSSR count). The lowest BCUT2D eigenvalue weighted by Crippen LogP contribution is -2.35. The highest BCUT2D eigenvalue weighted by Crippen LogP contribution is 2.31. The van der Waals surface area contributed by atoms with Crippen molar-refractivity contribution in [1.29, 1.82) is 0 Å². The Bertz CT molecular complexity index is 1240. The maximum atomic E-state index is 13.1. The summed E-state index contributed by atoms with van der Waals surface area (Å²) in [5.41, 5.74) is 1.82. The molecule has 0 saturated carbocycles. The van der Waals surface area contributed by atoms with Crippen LogP contribution in [0.2, 0.25) is 0 Å². The Morgan fingerprint density at radius 3 is 2.61 bits per heavy atom. The minimum atomic E-state index is -3.60. The van der Waals surface area contributed by atoms with E-state index >= 15 is 0 Å². The van der Waals surface area contributed by atoms with Crippen molar-refractivity contribution in [1.82, 2.24) is 9.29 Å². The van der Waals surface area contributed by atoms with E-state index < -0.39 is 10.0 Å². The number of carbonyl (C=O) groups is 1. The van der Waals surface area contributed by atoms with Gasteiger partial charge in [0, 0.05) is 32.6 Å². The first kappa shape index (κ1) is 23.5. The second-order valence-electron chi connectivity index (χ2n) is 8.32. The molecule has 33 heavy (non-hydrogen) atoms. The topological polar surface area (TPSA) is 95.7 Å². The molecule has 3 aromatic rings. The summed E-state index contributed by atoms with van der Waals surface area (Å²) < 4.78 is 33.4. The summed E-state index contributed by atoms with van der Waals surface area (Å²) in [4.78, 5) is 19.4. The van der Waals surface area contributed by atoms with Crippen LogP contribution in [0.5, 0.6) is 0 Å². The average molecular weight is 489 g/mol. The summed E-state index contributed by atoms with van der Waals surface area (Å²) in [5.74, 6) is 1.21. The monoisotopic (exact) mass is 488 g/mol. The quantitative estimate of drug-likeness (QED) is 0.537. The van der Waals surface area contributed by atoms with Crippen molar-refractivity contribution in [2.45, 2.75) is 37.5 Å². The minimum Gasteiger partial charge on any atom is -0.459 e. The molecular weight excluding hydrogens is 460 g/mol. The molecule has 3 heterocycles. The number of nitrogens with one attached hydrogen (secondary N) is 1. The number of nitrogens with zero attached hydrogens (tertiary/aromatic N) is 3. The summed E-state index contributed by atoms with van der Waals surface area (Å²) in [6, 6.07) is 8.61. The molecule has 0 bridgehead atoms. The number of sulfonamides is 1. The fourth-order valence-corrected chi connectivity index (χ4v) is 6.15. The average Bonchev–Trinajstić information content (AvgIpc) is 3.43. The summed E-state index contributed by atoms with van der Waals surface area (Å²) in [7, 11) is 0.0935. The van der Waals surface area contributed by atoms with Crippen molar-refractivity contribution in [3.8, 4) is 10.8 Å². The number of carbonyl (C=O) groups excluding carboxylic acids is 1. The molecule has 0 aliphatic carbocycles. The molecule has 1 N–H and O–H groups in total. The molecule has 1 amide bonds. The first-order chi connectivity index (χ1) is 15.7. The predicted octanol–water partition coefficient (Wildman–Crippen LogP) is 4.13. The van der Waals surface area contributed by atoms with E-state index in [-0.39, 0.29) is 17.2 Å². The van der Waals surface area contributed by atoms with E-state index in [0.29, 0.717) is 30.2 Å². The normalized spacial score (nSPS) is 14.9. The predicted molar refractivity (Wildman–Crippen MR) is 130 cm³/mol. The minimum absolute atomic E-state index is 0.0756. The van der Waals surface area contributed by atoms with Gasteiger partial charge < -0.3 is 14.6 Å². The highest BCUT2D eigenvalue weighted by atomic mass is 32.2. The van der Waals surface area contributed by atoms with E-state index in [0.717, 1.165) is 35.7 Å². The fourth-order valence-electron chi connectivity index (χ4n) is 3.83. The van der Waals surface area contributed by atoms with E-state index in [1.807, 2.05) is 43.4 Å².